The third-order valence-electron chi connectivity index (χ3n) is 3.89. The van der Waals surface area contributed by atoms with Crippen molar-refractivity contribution in [3.63, 3.8) is 0 Å². The van der Waals surface area contributed by atoms with Crippen molar-refractivity contribution in [1.82, 2.24) is 0 Å². The predicted octanol–water partition coefficient (Wildman–Crippen LogP) is 2.53. The number of phenolic OH excluding ortho intramolecular Hbond substituents is 3. The summed E-state index contributed by atoms with van der Waals surface area (Å²) in [6, 6.07) is 5.42. The van der Waals surface area contributed by atoms with E-state index in [-0.39, 0.29) is 57.8 Å². The zero-order valence-corrected chi connectivity index (χ0v) is 13.1. The summed E-state index contributed by atoms with van der Waals surface area (Å²) in [7, 11) is 2.75. The maximum absolute atomic E-state index is 12.5. The highest BCUT2D eigenvalue weighted by Gasteiger charge is 2.34. The van der Waals surface area contributed by atoms with Crippen LogP contribution in [0.25, 0.3) is 0 Å². The molecule has 24 heavy (non-hydrogen) atoms. The quantitative estimate of drug-likeness (QED) is 0.742. The molecule has 0 amide bonds. The molecule has 1 atom stereocenters. The first-order chi connectivity index (χ1) is 11.5. The fourth-order valence-electron chi connectivity index (χ4n) is 2.75. The summed E-state index contributed by atoms with van der Waals surface area (Å²) < 4.78 is 16.0. The van der Waals surface area contributed by atoms with Gasteiger partial charge < -0.3 is 29.5 Å². The second-order valence-corrected chi connectivity index (χ2v) is 5.31. The van der Waals surface area contributed by atoms with E-state index in [1.807, 2.05) is 0 Å². The van der Waals surface area contributed by atoms with E-state index in [1.165, 1.54) is 38.5 Å². The number of hydrogen-bond donors (Lipinski definition) is 3. The SMILES string of the molecule is COc1cc2c(c(O)c1OC)C(=O)C[C@H](c1cc(O)ccc1O)O2. The van der Waals surface area contributed by atoms with Crippen LogP contribution in [0.3, 0.4) is 0 Å². The fourth-order valence-corrected chi connectivity index (χ4v) is 2.75. The molecule has 0 saturated carbocycles. The van der Waals surface area contributed by atoms with Crippen molar-refractivity contribution < 1.29 is 34.3 Å². The van der Waals surface area contributed by atoms with Crippen LogP contribution < -0.4 is 14.2 Å². The summed E-state index contributed by atoms with van der Waals surface area (Å²) in [6.07, 6.45) is -0.901. The Labute approximate surface area is 137 Å². The smallest absolute Gasteiger partial charge is 0.204 e. The third kappa shape index (κ3) is 2.44. The average Bonchev–Trinajstić information content (AvgIpc) is 2.56. The zero-order chi connectivity index (χ0) is 17.4. The van der Waals surface area contributed by atoms with E-state index in [0.29, 0.717) is 0 Å². The van der Waals surface area contributed by atoms with Crippen molar-refractivity contribution in [2.24, 2.45) is 0 Å². The normalized spacial score (nSPS) is 16.2. The van der Waals surface area contributed by atoms with Gasteiger partial charge in [0.15, 0.2) is 17.3 Å². The number of ketones is 1. The lowest BCUT2D eigenvalue weighted by molar-refractivity contribution is 0.0840. The molecule has 0 spiro atoms. The maximum atomic E-state index is 12.5. The highest BCUT2D eigenvalue weighted by atomic mass is 16.5. The van der Waals surface area contributed by atoms with Crippen LogP contribution in [0.5, 0.6) is 34.5 Å². The molecule has 0 saturated heterocycles. The number of phenols is 3. The Balaban J connectivity index is 2.09. The Bertz CT molecular complexity index is 813. The fraction of sp³-hybridized carbons (Fsp3) is 0.235. The van der Waals surface area contributed by atoms with Crippen LogP contribution in [0.4, 0.5) is 0 Å². The van der Waals surface area contributed by atoms with Crippen LogP contribution in [0.2, 0.25) is 0 Å². The number of fused-ring (bicyclic) bond motifs is 1. The van der Waals surface area contributed by atoms with Crippen molar-refractivity contribution in [3.05, 3.63) is 35.4 Å². The van der Waals surface area contributed by atoms with Crippen LogP contribution >= 0.6 is 0 Å². The van der Waals surface area contributed by atoms with Crippen LogP contribution in [0.1, 0.15) is 28.4 Å². The van der Waals surface area contributed by atoms with Crippen LogP contribution in [0.15, 0.2) is 24.3 Å². The summed E-state index contributed by atoms with van der Waals surface area (Å²) in [4.78, 5) is 12.5. The monoisotopic (exact) mass is 332 g/mol. The molecule has 7 nitrogen and oxygen atoms in total. The van der Waals surface area contributed by atoms with Gasteiger partial charge in [0.1, 0.15) is 28.9 Å². The van der Waals surface area contributed by atoms with Gasteiger partial charge in [-0.15, -0.1) is 0 Å². The summed E-state index contributed by atoms with van der Waals surface area (Å²) in [5.74, 6) is -0.500. The number of methoxy groups -OCH3 is 2. The minimum absolute atomic E-state index is 0.00328. The Morgan fingerprint density at radius 1 is 1.12 bits per heavy atom. The summed E-state index contributed by atoms with van der Waals surface area (Å²) in [6.45, 7) is 0. The molecule has 3 N–H and O–H groups in total. The van der Waals surface area contributed by atoms with Crippen molar-refractivity contribution in [3.8, 4) is 34.5 Å². The van der Waals surface area contributed by atoms with Gasteiger partial charge in [-0.3, -0.25) is 4.79 Å². The lowest BCUT2D eigenvalue weighted by Gasteiger charge is -2.27. The van der Waals surface area contributed by atoms with Gasteiger partial charge >= 0.3 is 0 Å². The molecular weight excluding hydrogens is 316 g/mol. The molecule has 3 rings (SSSR count). The van der Waals surface area contributed by atoms with E-state index in [0.717, 1.165) is 0 Å². The molecule has 0 radical (unpaired) electrons. The third-order valence-corrected chi connectivity index (χ3v) is 3.89. The molecule has 2 aromatic carbocycles. The average molecular weight is 332 g/mol. The van der Waals surface area contributed by atoms with Crippen LogP contribution in [-0.2, 0) is 0 Å². The number of benzene rings is 2. The van der Waals surface area contributed by atoms with Gasteiger partial charge in [0, 0.05) is 11.6 Å². The summed E-state index contributed by atoms with van der Waals surface area (Å²) >= 11 is 0. The molecule has 0 aliphatic carbocycles. The Morgan fingerprint density at radius 3 is 2.54 bits per heavy atom. The first-order valence-corrected chi connectivity index (χ1v) is 7.16. The standard InChI is InChI=1S/C17H16O7/c1-22-14-7-13-15(16(21)17(14)23-2)11(20)6-12(24-13)9-5-8(18)3-4-10(9)19/h3-5,7,12,18-19,21H,6H2,1-2H3/t12-/m1/s1. The number of carbonyl (C=O) groups is 1. The first kappa shape index (κ1) is 15.8. The number of hydrogen-bond acceptors (Lipinski definition) is 7. The highest BCUT2D eigenvalue weighted by Crippen LogP contribution is 2.49. The molecule has 0 unspecified atom stereocenters. The lowest BCUT2D eigenvalue weighted by Crippen LogP contribution is -2.21. The van der Waals surface area contributed by atoms with Crippen LogP contribution in [-0.4, -0.2) is 35.3 Å². The molecule has 1 aliphatic heterocycles. The molecule has 0 bridgehead atoms. The van der Waals surface area contributed by atoms with E-state index in [2.05, 4.69) is 0 Å². The van der Waals surface area contributed by atoms with Crippen molar-refractivity contribution >= 4 is 5.78 Å². The van der Waals surface area contributed by atoms with Crippen molar-refractivity contribution in [2.45, 2.75) is 12.5 Å². The van der Waals surface area contributed by atoms with Gasteiger partial charge in [0.05, 0.1) is 20.6 Å². The second kappa shape index (κ2) is 5.84. The highest BCUT2D eigenvalue weighted by molar-refractivity contribution is 6.03. The Kier molecular flexibility index (Phi) is 3.84. The number of ether oxygens (including phenoxy) is 3. The molecule has 7 heteroatoms. The van der Waals surface area contributed by atoms with Crippen molar-refractivity contribution in [1.29, 1.82) is 0 Å². The first-order valence-electron chi connectivity index (χ1n) is 7.16. The van der Waals surface area contributed by atoms with Gasteiger partial charge in [0.2, 0.25) is 5.75 Å². The van der Waals surface area contributed by atoms with Gasteiger partial charge in [-0.1, -0.05) is 0 Å². The van der Waals surface area contributed by atoms with E-state index in [1.54, 1.807) is 0 Å². The second-order valence-electron chi connectivity index (χ2n) is 5.31. The lowest BCUT2D eigenvalue weighted by atomic mass is 9.94. The van der Waals surface area contributed by atoms with E-state index in [9.17, 15) is 20.1 Å². The van der Waals surface area contributed by atoms with Gasteiger partial charge in [-0.2, -0.15) is 0 Å². The molecule has 2 aromatic rings. The zero-order valence-electron chi connectivity index (χ0n) is 13.1. The van der Waals surface area contributed by atoms with Crippen LogP contribution in [0, 0.1) is 0 Å². The predicted molar refractivity (Wildman–Crippen MR) is 83.3 cm³/mol. The Morgan fingerprint density at radius 2 is 1.88 bits per heavy atom. The maximum Gasteiger partial charge on any atom is 0.204 e. The molecular formula is C17H16O7. The molecule has 0 aromatic heterocycles. The molecule has 1 aliphatic rings. The summed E-state index contributed by atoms with van der Waals surface area (Å²) in [5.41, 5.74) is 0.284. The minimum atomic E-state index is -0.797. The summed E-state index contributed by atoms with van der Waals surface area (Å²) in [5, 5.41) is 29.8. The number of carbonyl (C=O) groups excluding carboxylic acids is 1. The Hall–Kier alpha value is -3.09. The molecule has 1 heterocycles. The molecule has 0 fully saturated rings. The molecule has 126 valence electrons. The van der Waals surface area contributed by atoms with E-state index in [4.69, 9.17) is 14.2 Å². The number of Topliss-reactive ketones (excluding diaryl/α,β-unsaturated/α-hetero) is 1. The number of rotatable bonds is 3. The van der Waals surface area contributed by atoms with E-state index < -0.39 is 6.10 Å². The largest absolute Gasteiger partial charge is 0.508 e. The minimum Gasteiger partial charge on any atom is -0.508 e. The van der Waals surface area contributed by atoms with Gasteiger partial charge in [0.25, 0.3) is 0 Å². The van der Waals surface area contributed by atoms with Gasteiger partial charge in [-0.05, 0) is 18.2 Å². The topological polar surface area (TPSA) is 105 Å². The number of aromatic hydroxyl groups is 3. The van der Waals surface area contributed by atoms with E-state index >= 15 is 0 Å². The van der Waals surface area contributed by atoms with Crippen molar-refractivity contribution in [2.75, 3.05) is 14.2 Å². The van der Waals surface area contributed by atoms with Gasteiger partial charge in [-0.25, -0.2) is 0 Å².